The first-order valence-corrected chi connectivity index (χ1v) is 24.1. The third-order valence-corrected chi connectivity index (χ3v) is 13.0. The monoisotopic (exact) mass is 911 g/mol. The Labute approximate surface area is 398 Å². The third kappa shape index (κ3) is 12.4. The molecule has 0 unspecified atom stereocenters. The maximum Gasteiger partial charge on any atom is 0.234 e. The van der Waals surface area contributed by atoms with Crippen LogP contribution in [0.1, 0.15) is 46.6 Å². The largest absolute Gasteiger partial charge is 0.351 e. The van der Waals surface area contributed by atoms with Gasteiger partial charge in [-0.25, -0.2) is 15.0 Å². The van der Waals surface area contributed by atoms with Crippen molar-refractivity contribution in [2.24, 2.45) is 0 Å². The number of benzene rings is 4. The molecule has 0 atom stereocenters. The van der Waals surface area contributed by atoms with Crippen molar-refractivity contribution < 1.29 is 14.4 Å². The molecule has 2 aliphatic rings. The summed E-state index contributed by atoms with van der Waals surface area (Å²) in [5.41, 5.74) is 9.56. The maximum absolute atomic E-state index is 13.6. The highest BCUT2D eigenvalue weighted by molar-refractivity contribution is 6.20. The Bertz CT molecular complexity index is 2740. The van der Waals surface area contributed by atoms with Crippen LogP contribution in [0.3, 0.4) is 0 Å². The minimum atomic E-state index is -0.0725. The molecule has 9 rings (SSSR count). The molecule has 4 heterocycles. The SMILES string of the molecule is O=C(CN1CCN(CC(=O)NCc2ccccc2)CCN(Cc2ccc3c(n2)c2ncccc2c2nc4c(nc32)CCCC4)CCN(CC(=O)NCc2ccccc2)CC1)NCc1ccccc1. The minimum Gasteiger partial charge on any atom is -0.351 e. The molecule has 350 valence electrons. The summed E-state index contributed by atoms with van der Waals surface area (Å²) >= 11 is 0. The van der Waals surface area contributed by atoms with Gasteiger partial charge in [0.25, 0.3) is 0 Å². The number of carbonyl (C=O) groups excluding carboxylic acids is 3. The van der Waals surface area contributed by atoms with Crippen LogP contribution in [0.2, 0.25) is 0 Å². The van der Waals surface area contributed by atoms with Gasteiger partial charge in [0.2, 0.25) is 17.7 Å². The number of rotatable bonds is 14. The molecule has 0 radical (unpaired) electrons. The molecule has 14 nitrogen and oxygen atoms in total. The van der Waals surface area contributed by atoms with Crippen molar-refractivity contribution in [3.8, 4) is 0 Å². The average Bonchev–Trinajstić information content (AvgIpc) is 3.38. The van der Waals surface area contributed by atoms with E-state index in [0.29, 0.717) is 78.5 Å². The molecular weight excluding hydrogens is 851 g/mol. The smallest absolute Gasteiger partial charge is 0.234 e. The van der Waals surface area contributed by atoms with Crippen LogP contribution in [0.4, 0.5) is 0 Å². The minimum absolute atomic E-state index is 0.0560. The average molecular weight is 912 g/mol. The lowest BCUT2D eigenvalue weighted by Gasteiger charge is -2.34. The topological polar surface area (TPSA) is 152 Å². The van der Waals surface area contributed by atoms with E-state index in [0.717, 1.165) is 92.3 Å². The summed E-state index contributed by atoms with van der Waals surface area (Å²) in [6.45, 7) is 7.27. The Morgan fingerprint density at radius 2 is 0.824 bits per heavy atom. The van der Waals surface area contributed by atoms with E-state index >= 15 is 0 Å². The number of aromatic nitrogens is 4. The van der Waals surface area contributed by atoms with Crippen LogP contribution in [0.15, 0.2) is 121 Å². The Morgan fingerprint density at radius 3 is 1.26 bits per heavy atom. The first-order chi connectivity index (χ1) is 33.4. The molecule has 1 aliphatic carbocycles. The van der Waals surface area contributed by atoms with Gasteiger partial charge in [-0.2, -0.15) is 0 Å². The van der Waals surface area contributed by atoms with Gasteiger partial charge in [-0.3, -0.25) is 39.0 Å². The van der Waals surface area contributed by atoms with Crippen LogP contribution in [0.25, 0.3) is 32.8 Å². The highest BCUT2D eigenvalue weighted by Crippen LogP contribution is 2.33. The van der Waals surface area contributed by atoms with Gasteiger partial charge in [0.15, 0.2) is 0 Å². The van der Waals surface area contributed by atoms with Crippen LogP contribution >= 0.6 is 0 Å². The Hall–Kier alpha value is -6.71. The standard InChI is InChI=1S/C54H61N11O3/c66-48(56-33-40-13-4-1-5-14-40)37-63-27-25-62(36-43-22-23-45-52(59-43)51-44(19-12-24-55-51)53-54(45)61-47-21-11-10-20-46(47)60-53)26-28-64(38-49(67)57-34-41-15-6-2-7-16-41)30-32-65(31-29-63)39-50(68)58-35-42-17-8-3-9-18-42/h1-9,12-19,22-24H,10-11,20-21,25-39H2,(H,56,66)(H,57,67)(H,58,68). The number of carbonyl (C=O) groups is 3. The lowest BCUT2D eigenvalue weighted by molar-refractivity contribution is -0.124. The van der Waals surface area contributed by atoms with E-state index < -0.39 is 0 Å². The maximum atomic E-state index is 13.6. The summed E-state index contributed by atoms with van der Waals surface area (Å²) in [6.07, 6.45) is 5.95. The summed E-state index contributed by atoms with van der Waals surface area (Å²) in [4.78, 5) is 70.2. The van der Waals surface area contributed by atoms with Crippen molar-refractivity contribution in [1.29, 1.82) is 0 Å². The molecule has 3 amide bonds. The lowest BCUT2D eigenvalue weighted by atomic mass is 9.99. The Morgan fingerprint density at radius 1 is 0.426 bits per heavy atom. The molecule has 1 saturated heterocycles. The number of amides is 3. The number of pyridine rings is 2. The van der Waals surface area contributed by atoms with Crippen LogP contribution < -0.4 is 16.0 Å². The van der Waals surface area contributed by atoms with Crippen LogP contribution in [0.5, 0.6) is 0 Å². The fourth-order valence-electron chi connectivity index (χ4n) is 9.22. The van der Waals surface area contributed by atoms with Gasteiger partial charge in [-0.1, -0.05) is 91.0 Å². The third-order valence-electron chi connectivity index (χ3n) is 13.0. The first kappa shape index (κ1) is 46.4. The molecular formula is C54H61N11O3. The molecule has 0 spiro atoms. The van der Waals surface area contributed by atoms with E-state index in [1.54, 1.807) is 0 Å². The van der Waals surface area contributed by atoms with Crippen LogP contribution in [-0.2, 0) is 53.4 Å². The molecule has 1 fully saturated rings. The van der Waals surface area contributed by atoms with Gasteiger partial charge >= 0.3 is 0 Å². The predicted molar refractivity (Wildman–Crippen MR) is 266 cm³/mol. The summed E-state index contributed by atoms with van der Waals surface area (Å²) in [7, 11) is 0. The molecule has 0 bridgehead atoms. The molecule has 14 heteroatoms. The van der Waals surface area contributed by atoms with Crippen molar-refractivity contribution in [2.75, 3.05) is 72.0 Å². The van der Waals surface area contributed by atoms with Crippen molar-refractivity contribution >= 4 is 50.6 Å². The number of aryl methyl sites for hydroxylation is 2. The molecule has 0 saturated carbocycles. The van der Waals surface area contributed by atoms with Gasteiger partial charge < -0.3 is 16.0 Å². The van der Waals surface area contributed by atoms with Crippen LogP contribution in [0, 0.1) is 0 Å². The zero-order valence-electron chi connectivity index (χ0n) is 38.8. The van der Waals surface area contributed by atoms with Crippen LogP contribution in [-0.4, -0.2) is 129 Å². The van der Waals surface area contributed by atoms with E-state index in [1.165, 1.54) is 0 Å². The quantitative estimate of drug-likeness (QED) is 0.122. The van der Waals surface area contributed by atoms with Gasteiger partial charge in [-0.15, -0.1) is 0 Å². The van der Waals surface area contributed by atoms with Crippen molar-refractivity contribution in [3.05, 3.63) is 155 Å². The molecule has 3 N–H and O–H groups in total. The highest BCUT2D eigenvalue weighted by atomic mass is 16.2. The summed E-state index contributed by atoms with van der Waals surface area (Å²) < 4.78 is 0. The van der Waals surface area contributed by atoms with Crippen molar-refractivity contribution in [3.63, 3.8) is 0 Å². The molecule has 68 heavy (non-hydrogen) atoms. The fourth-order valence-corrected chi connectivity index (χ4v) is 9.22. The molecule has 3 aromatic heterocycles. The zero-order chi connectivity index (χ0) is 46.5. The van der Waals surface area contributed by atoms with Gasteiger partial charge in [-0.05, 0) is 66.6 Å². The van der Waals surface area contributed by atoms with E-state index in [-0.39, 0.29) is 37.4 Å². The first-order valence-electron chi connectivity index (χ1n) is 24.1. The zero-order valence-corrected chi connectivity index (χ0v) is 38.8. The van der Waals surface area contributed by atoms with Crippen molar-refractivity contribution in [2.45, 2.75) is 51.9 Å². The summed E-state index contributed by atoms with van der Waals surface area (Å²) in [6, 6.07) is 38.0. The fraction of sp³-hybridized carbons (Fsp3) is 0.352. The van der Waals surface area contributed by atoms with E-state index in [1.807, 2.05) is 103 Å². The predicted octanol–water partition coefficient (Wildman–Crippen LogP) is 5.28. The second kappa shape index (κ2) is 22.9. The summed E-state index contributed by atoms with van der Waals surface area (Å²) in [5.74, 6) is -0.185. The van der Waals surface area contributed by atoms with Crippen molar-refractivity contribution in [1.82, 2.24) is 55.5 Å². The Kier molecular flexibility index (Phi) is 15.6. The van der Waals surface area contributed by atoms with E-state index in [4.69, 9.17) is 19.9 Å². The Balaban J connectivity index is 0.969. The van der Waals surface area contributed by atoms with E-state index in [2.05, 4.69) is 53.7 Å². The van der Waals surface area contributed by atoms with Gasteiger partial charge in [0.05, 0.1) is 58.8 Å². The normalized spacial score (nSPS) is 15.9. The lowest BCUT2D eigenvalue weighted by Crippen LogP contribution is -2.50. The van der Waals surface area contributed by atoms with Gasteiger partial charge in [0.1, 0.15) is 0 Å². The number of hydrogen-bond acceptors (Lipinski definition) is 11. The molecule has 7 aromatic rings. The molecule has 1 aliphatic heterocycles. The van der Waals surface area contributed by atoms with Gasteiger partial charge in [0, 0.05) is 95.5 Å². The second-order valence-corrected chi connectivity index (χ2v) is 18.0. The summed E-state index contributed by atoms with van der Waals surface area (Å²) in [5, 5.41) is 11.2. The second-order valence-electron chi connectivity index (χ2n) is 18.0. The van der Waals surface area contributed by atoms with E-state index in [9.17, 15) is 14.4 Å². The number of nitrogens with zero attached hydrogens (tertiary/aromatic N) is 8. The number of fused-ring (bicyclic) bond motifs is 7. The number of nitrogens with one attached hydrogen (secondary N) is 3. The highest BCUT2D eigenvalue weighted by Gasteiger charge is 2.23. The molecule has 4 aromatic carbocycles. The number of hydrogen-bond donors (Lipinski definition) is 3.